The first-order chi connectivity index (χ1) is 10.1. The first-order valence-electron chi connectivity index (χ1n) is 7.05. The number of nitrogens with zero attached hydrogens (tertiary/aromatic N) is 3. The van der Waals surface area contributed by atoms with Crippen LogP contribution in [0.25, 0.3) is 0 Å². The van der Waals surface area contributed by atoms with Gasteiger partial charge in [-0.3, -0.25) is 0 Å². The molecule has 5 heteroatoms. The summed E-state index contributed by atoms with van der Waals surface area (Å²) >= 11 is 6.22. The van der Waals surface area contributed by atoms with Crippen LogP contribution in [0.4, 0.5) is 10.2 Å². The van der Waals surface area contributed by atoms with Crippen LogP contribution in [-0.2, 0) is 6.54 Å². The maximum absolute atomic E-state index is 13.8. The highest BCUT2D eigenvalue weighted by Crippen LogP contribution is 2.39. The third-order valence-electron chi connectivity index (χ3n) is 3.75. The number of hydrogen-bond donors (Lipinski definition) is 0. The largest absolute Gasteiger partial charge is 0.355 e. The van der Waals surface area contributed by atoms with E-state index in [2.05, 4.69) is 9.97 Å². The minimum Gasteiger partial charge on any atom is -0.355 e. The average molecular weight is 306 g/mol. The number of anilines is 1. The molecule has 1 fully saturated rings. The van der Waals surface area contributed by atoms with Crippen molar-refractivity contribution in [2.75, 3.05) is 11.9 Å². The van der Waals surface area contributed by atoms with Crippen LogP contribution in [0.2, 0.25) is 5.15 Å². The van der Waals surface area contributed by atoms with Gasteiger partial charge in [-0.05, 0) is 25.8 Å². The van der Waals surface area contributed by atoms with Gasteiger partial charge in [-0.25, -0.2) is 14.4 Å². The first kappa shape index (κ1) is 14.3. The van der Waals surface area contributed by atoms with Crippen LogP contribution in [0, 0.1) is 12.7 Å². The van der Waals surface area contributed by atoms with E-state index < -0.39 is 0 Å². The van der Waals surface area contributed by atoms with Crippen molar-refractivity contribution >= 4 is 17.4 Å². The Labute approximate surface area is 128 Å². The van der Waals surface area contributed by atoms with E-state index in [-0.39, 0.29) is 5.82 Å². The second kappa shape index (κ2) is 5.60. The van der Waals surface area contributed by atoms with Crippen molar-refractivity contribution < 1.29 is 4.39 Å². The third kappa shape index (κ3) is 3.00. The summed E-state index contributed by atoms with van der Waals surface area (Å²) in [5, 5.41) is 0.488. The molecule has 1 aromatic carbocycles. The Morgan fingerprint density at radius 2 is 2.00 bits per heavy atom. The summed E-state index contributed by atoms with van der Waals surface area (Å²) in [6.07, 6.45) is 2.24. The number of aromatic nitrogens is 2. The topological polar surface area (TPSA) is 29.0 Å². The predicted molar refractivity (Wildman–Crippen MR) is 82.3 cm³/mol. The Balaban J connectivity index is 1.90. The third-order valence-corrected chi connectivity index (χ3v) is 4.12. The molecule has 1 aliphatic rings. The van der Waals surface area contributed by atoms with Gasteiger partial charge in [0, 0.05) is 30.6 Å². The summed E-state index contributed by atoms with van der Waals surface area (Å²) in [5.74, 6) is 1.81. The van der Waals surface area contributed by atoms with E-state index in [1.54, 1.807) is 12.1 Å². The van der Waals surface area contributed by atoms with Gasteiger partial charge in [0.2, 0.25) is 0 Å². The average Bonchev–Trinajstić information content (AvgIpc) is 3.28. The van der Waals surface area contributed by atoms with Gasteiger partial charge in [0.15, 0.2) is 0 Å². The standard InChI is InChI=1S/C16H17ClFN3/c1-10-14(17)19-15(11-7-8-11)20-16(10)21(2)9-12-5-3-4-6-13(12)18/h3-6,11H,7-9H2,1-2H3. The molecule has 1 heterocycles. The van der Waals surface area contributed by atoms with E-state index in [9.17, 15) is 4.39 Å². The van der Waals surface area contributed by atoms with Gasteiger partial charge in [0.05, 0.1) is 0 Å². The fourth-order valence-electron chi connectivity index (χ4n) is 2.35. The molecular formula is C16H17ClFN3. The quantitative estimate of drug-likeness (QED) is 0.797. The highest BCUT2D eigenvalue weighted by atomic mass is 35.5. The van der Waals surface area contributed by atoms with Gasteiger partial charge in [-0.15, -0.1) is 0 Å². The zero-order valence-electron chi connectivity index (χ0n) is 12.1. The summed E-state index contributed by atoms with van der Waals surface area (Å²) in [6, 6.07) is 6.78. The minimum absolute atomic E-state index is 0.204. The lowest BCUT2D eigenvalue weighted by atomic mass is 10.2. The van der Waals surface area contributed by atoms with E-state index in [0.29, 0.717) is 23.2 Å². The van der Waals surface area contributed by atoms with Crippen LogP contribution in [0.5, 0.6) is 0 Å². The lowest BCUT2D eigenvalue weighted by Gasteiger charge is -2.21. The summed E-state index contributed by atoms with van der Waals surface area (Å²) in [4.78, 5) is 10.9. The van der Waals surface area contributed by atoms with Crippen LogP contribution in [-0.4, -0.2) is 17.0 Å². The zero-order chi connectivity index (χ0) is 15.0. The van der Waals surface area contributed by atoms with Crippen LogP contribution in [0.1, 0.15) is 35.7 Å². The predicted octanol–water partition coefficient (Wildman–Crippen LogP) is 4.09. The van der Waals surface area contributed by atoms with Crippen molar-refractivity contribution in [3.8, 4) is 0 Å². The van der Waals surface area contributed by atoms with E-state index >= 15 is 0 Å². The molecule has 0 saturated heterocycles. The normalized spacial score (nSPS) is 14.3. The van der Waals surface area contributed by atoms with Gasteiger partial charge in [-0.2, -0.15) is 0 Å². The Morgan fingerprint density at radius 3 is 2.67 bits per heavy atom. The second-order valence-corrected chi connectivity index (χ2v) is 5.90. The molecule has 3 rings (SSSR count). The number of hydrogen-bond acceptors (Lipinski definition) is 3. The smallest absolute Gasteiger partial charge is 0.137 e. The molecule has 0 amide bonds. The molecule has 0 unspecified atom stereocenters. The first-order valence-corrected chi connectivity index (χ1v) is 7.42. The summed E-state index contributed by atoms with van der Waals surface area (Å²) in [7, 11) is 1.90. The van der Waals surface area contributed by atoms with Crippen LogP contribution in [0.15, 0.2) is 24.3 Å². The fourth-order valence-corrected chi connectivity index (χ4v) is 2.52. The van der Waals surface area contributed by atoms with Crippen LogP contribution in [0.3, 0.4) is 0 Å². The molecule has 2 aromatic rings. The summed E-state index contributed by atoms with van der Waals surface area (Å²) in [6.45, 7) is 2.34. The van der Waals surface area contributed by atoms with Gasteiger partial charge < -0.3 is 4.90 Å². The van der Waals surface area contributed by atoms with Crippen LogP contribution < -0.4 is 4.90 Å². The van der Waals surface area contributed by atoms with Crippen molar-refractivity contribution in [1.82, 2.24) is 9.97 Å². The Morgan fingerprint density at radius 1 is 1.29 bits per heavy atom. The molecule has 1 aliphatic carbocycles. The molecule has 110 valence electrons. The van der Waals surface area contributed by atoms with Gasteiger partial charge in [0.1, 0.15) is 22.6 Å². The number of halogens is 2. The summed E-state index contributed by atoms with van der Waals surface area (Å²) in [5.41, 5.74) is 1.47. The molecule has 0 atom stereocenters. The Hall–Kier alpha value is -1.68. The molecule has 0 spiro atoms. The monoisotopic (exact) mass is 305 g/mol. The molecule has 1 aromatic heterocycles. The lowest BCUT2D eigenvalue weighted by Crippen LogP contribution is -2.20. The highest BCUT2D eigenvalue weighted by molar-refractivity contribution is 6.30. The number of rotatable bonds is 4. The summed E-state index contributed by atoms with van der Waals surface area (Å²) < 4.78 is 13.8. The van der Waals surface area contributed by atoms with E-state index in [1.807, 2.05) is 24.9 Å². The van der Waals surface area contributed by atoms with Crippen molar-refractivity contribution in [2.24, 2.45) is 0 Å². The van der Waals surface area contributed by atoms with Crippen molar-refractivity contribution in [3.05, 3.63) is 52.2 Å². The Kier molecular flexibility index (Phi) is 3.81. The number of benzene rings is 1. The van der Waals surface area contributed by atoms with Crippen LogP contribution >= 0.6 is 11.6 Å². The molecular weight excluding hydrogens is 289 g/mol. The molecule has 1 saturated carbocycles. The van der Waals surface area contributed by atoms with Crippen molar-refractivity contribution in [3.63, 3.8) is 0 Å². The fraction of sp³-hybridized carbons (Fsp3) is 0.375. The molecule has 0 radical (unpaired) electrons. The minimum atomic E-state index is -0.204. The molecule has 0 N–H and O–H groups in total. The van der Waals surface area contributed by atoms with Crippen molar-refractivity contribution in [1.29, 1.82) is 0 Å². The highest BCUT2D eigenvalue weighted by Gasteiger charge is 2.28. The molecule has 0 aliphatic heterocycles. The molecule has 21 heavy (non-hydrogen) atoms. The lowest BCUT2D eigenvalue weighted by molar-refractivity contribution is 0.607. The van der Waals surface area contributed by atoms with Gasteiger partial charge in [-0.1, -0.05) is 29.8 Å². The molecule has 3 nitrogen and oxygen atoms in total. The Bertz CT molecular complexity index is 671. The van der Waals surface area contributed by atoms with Crippen molar-refractivity contribution in [2.45, 2.75) is 32.2 Å². The SMILES string of the molecule is Cc1c(Cl)nc(C2CC2)nc1N(C)Cc1ccccc1F. The maximum atomic E-state index is 13.8. The van der Waals surface area contributed by atoms with E-state index in [0.717, 1.165) is 30.0 Å². The second-order valence-electron chi connectivity index (χ2n) is 5.54. The van der Waals surface area contributed by atoms with Gasteiger partial charge in [0.25, 0.3) is 0 Å². The van der Waals surface area contributed by atoms with E-state index in [4.69, 9.17) is 11.6 Å². The molecule has 0 bridgehead atoms. The van der Waals surface area contributed by atoms with Gasteiger partial charge >= 0.3 is 0 Å². The maximum Gasteiger partial charge on any atom is 0.137 e. The van der Waals surface area contributed by atoms with E-state index in [1.165, 1.54) is 6.07 Å². The zero-order valence-corrected chi connectivity index (χ0v) is 12.9.